The molecule has 0 atom stereocenters. The second-order valence-electron chi connectivity index (χ2n) is 4.38. The van der Waals surface area contributed by atoms with Gasteiger partial charge in [0.15, 0.2) is 0 Å². The van der Waals surface area contributed by atoms with Crippen molar-refractivity contribution in [2.45, 2.75) is 25.8 Å². The molecule has 0 saturated heterocycles. The van der Waals surface area contributed by atoms with Gasteiger partial charge in [0.25, 0.3) is 5.91 Å². The number of nitrogens with one attached hydrogen (secondary N) is 1. The summed E-state index contributed by atoms with van der Waals surface area (Å²) in [4.78, 5) is 11.8. The Labute approximate surface area is 108 Å². The lowest BCUT2D eigenvalue weighted by Crippen LogP contribution is -2.43. The molecule has 86 valence electrons. The number of hydrogen-bond acceptors (Lipinski definition) is 1. The van der Waals surface area contributed by atoms with Crippen LogP contribution in [-0.2, 0) is 0 Å². The van der Waals surface area contributed by atoms with Crippen LogP contribution in [0.15, 0.2) is 22.7 Å². The quantitative estimate of drug-likeness (QED) is 0.888. The predicted octanol–water partition coefficient (Wildman–Crippen LogP) is 3.63. The summed E-state index contributed by atoms with van der Waals surface area (Å²) in [6, 6.07) is 5.56. The minimum Gasteiger partial charge on any atom is -0.349 e. The molecule has 1 aromatic carbocycles. The van der Waals surface area contributed by atoms with Crippen molar-refractivity contribution in [3.8, 4) is 0 Å². The normalized spacial score (nSPS) is 23.7. The zero-order valence-corrected chi connectivity index (χ0v) is 11.3. The van der Waals surface area contributed by atoms with Crippen LogP contribution in [0.25, 0.3) is 0 Å². The number of carbonyl (C=O) groups is 1. The zero-order chi connectivity index (χ0) is 11.7. The van der Waals surface area contributed by atoms with Crippen molar-refractivity contribution in [1.29, 1.82) is 0 Å². The summed E-state index contributed by atoms with van der Waals surface area (Å²) in [5, 5.41) is 3.63. The molecular weight excluding hydrogens is 289 g/mol. The summed E-state index contributed by atoms with van der Waals surface area (Å²) in [5.74, 6) is 0.719. The molecular formula is C12H13BrClNO. The van der Waals surface area contributed by atoms with Gasteiger partial charge in [0.1, 0.15) is 0 Å². The van der Waals surface area contributed by atoms with Gasteiger partial charge in [0.05, 0.1) is 5.02 Å². The fraction of sp³-hybridized carbons (Fsp3) is 0.417. The molecule has 1 amide bonds. The third-order valence-corrected chi connectivity index (χ3v) is 4.10. The molecule has 1 fully saturated rings. The van der Waals surface area contributed by atoms with Crippen LogP contribution in [0, 0.1) is 5.92 Å². The van der Waals surface area contributed by atoms with Crippen molar-refractivity contribution < 1.29 is 4.79 Å². The Hall–Kier alpha value is -0.540. The largest absolute Gasteiger partial charge is 0.349 e. The molecule has 0 heterocycles. The van der Waals surface area contributed by atoms with Crippen LogP contribution < -0.4 is 5.32 Å². The van der Waals surface area contributed by atoms with Gasteiger partial charge >= 0.3 is 0 Å². The minimum atomic E-state index is -0.0192. The highest BCUT2D eigenvalue weighted by molar-refractivity contribution is 9.10. The second kappa shape index (κ2) is 4.76. The van der Waals surface area contributed by atoms with E-state index in [2.05, 4.69) is 28.2 Å². The maximum Gasteiger partial charge on any atom is 0.251 e. The molecule has 1 saturated carbocycles. The Bertz CT molecular complexity index is 415. The second-order valence-corrected chi connectivity index (χ2v) is 5.64. The van der Waals surface area contributed by atoms with E-state index in [1.54, 1.807) is 18.2 Å². The SMILES string of the molecule is CC1CC(NC(=O)c2ccc(Cl)c(Br)c2)C1. The van der Waals surface area contributed by atoms with Crippen LogP contribution in [0.1, 0.15) is 30.1 Å². The van der Waals surface area contributed by atoms with Crippen LogP contribution >= 0.6 is 27.5 Å². The highest BCUT2D eigenvalue weighted by atomic mass is 79.9. The van der Waals surface area contributed by atoms with Crippen LogP contribution in [0.2, 0.25) is 5.02 Å². The van der Waals surface area contributed by atoms with Gasteiger partial charge in [-0.2, -0.15) is 0 Å². The Balaban J connectivity index is 2.01. The van der Waals surface area contributed by atoms with Crippen molar-refractivity contribution >= 4 is 33.4 Å². The first-order valence-electron chi connectivity index (χ1n) is 5.32. The molecule has 0 unspecified atom stereocenters. The molecule has 0 bridgehead atoms. The fourth-order valence-corrected chi connectivity index (χ4v) is 2.42. The molecule has 0 radical (unpaired) electrons. The van der Waals surface area contributed by atoms with E-state index in [1.807, 2.05) is 0 Å². The van der Waals surface area contributed by atoms with E-state index in [1.165, 1.54) is 0 Å². The van der Waals surface area contributed by atoms with Crippen LogP contribution in [-0.4, -0.2) is 11.9 Å². The summed E-state index contributed by atoms with van der Waals surface area (Å²) >= 11 is 9.18. The lowest BCUT2D eigenvalue weighted by atomic mass is 9.82. The van der Waals surface area contributed by atoms with Gasteiger partial charge in [0.2, 0.25) is 0 Å². The molecule has 1 aliphatic rings. The molecule has 1 aliphatic carbocycles. The molecule has 4 heteroatoms. The highest BCUT2D eigenvalue weighted by Crippen LogP contribution is 2.27. The molecule has 0 spiro atoms. The number of rotatable bonds is 2. The van der Waals surface area contributed by atoms with E-state index in [0.717, 1.165) is 23.2 Å². The van der Waals surface area contributed by atoms with Crippen molar-refractivity contribution in [1.82, 2.24) is 5.32 Å². The summed E-state index contributed by atoms with van der Waals surface area (Å²) in [5.41, 5.74) is 0.649. The molecule has 2 nitrogen and oxygen atoms in total. The van der Waals surface area contributed by atoms with Crippen molar-refractivity contribution in [3.63, 3.8) is 0 Å². The number of halogens is 2. The standard InChI is InChI=1S/C12H13BrClNO/c1-7-4-9(5-7)15-12(16)8-2-3-11(14)10(13)6-8/h2-3,6-7,9H,4-5H2,1H3,(H,15,16). The average molecular weight is 303 g/mol. The summed E-state index contributed by atoms with van der Waals surface area (Å²) in [6.45, 7) is 2.20. The van der Waals surface area contributed by atoms with E-state index in [0.29, 0.717) is 16.6 Å². The van der Waals surface area contributed by atoms with E-state index in [9.17, 15) is 4.79 Å². The Morgan fingerprint density at radius 1 is 1.50 bits per heavy atom. The molecule has 0 aliphatic heterocycles. The Kier molecular flexibility index (Phi) is 3.55. The number of benzene rings is 1. The maximum atomic E-state index is 11.8. The van der Waals surface area contributed by atoms with Gasteiger partial charge in [-0.3, -0.25) is 4.79 Å². The number of amides is 1. The molecule has 16 heavy (non-hydrogen) atoms. The lowest BCUT2D eigenvalue weighted by molar-refractivity contribution is 0.0896. The molecule has 1 N–H and O–H groups in total. The average Bonchev–Trinajstić information content (AvgIpc) is 2.19. The van der Waals surface area contributed by atoms with Gasteiger partial charge in [-0.1, -0.05) is 18.5 Å². The van der Waals surface area contributed by atoms with Crippen molar-refractivity contribution in [2.24, 2.45) is 5.92 Å². The maximum absolute atomic E-state index is 11.8. The molecule has 1 aromatic rings. The third kappa shape index (κ3) is 2.58. The van der Waals surface area contributed by atoms with Gasteiger partial charge in [0, 0.05) is 16.1 Å². The fourth-order valence-electron chi connectivity index (χ4n) is 1.93. The monoisotopic (exact) mass is 301 g/mol. The van der Waals surface area contributed by atoms with E-state index >= 15 is 0 Å². The van der Waals surface area contributed by atoms with Crippen LogP contribution in [0.5, 0.6) is 0 Å². The number of hydrogen-bond donors (Lipinski definition) is 1. The van der Waals surface area contributed by atoms with Crippen molar-refractivity contribution in [3.05, 3.63) is 33.3 Å². The van der Waals surface area contributed by atoms with E-state index in [-0.39, 0.29) is 5.91 Å². The third-order valence-electron chi connectivity index (χ3n) is 2.89. The van der Waals surface area contributed by atoms with Gasteiger partial charge in [-0.05, 0) is 52.9 Å². The zero-order valence-electron chi connectivity index (χ0n) is 8.97. The predicted molar refractivity (Wildman–Crippen MR) is 68.8 cm³/mol. The lowest BCUT2D eigenvalue weighted by Gasteiger charge is -2.33. The topological polar surface area (TPSA) is 29.1 Å². The summed E-state index contributed by atoms with van der Waals surface area (Å²) < 4.78 is 0.754. The van der Waals surface area contributed by atoms with Gasteiger partial charge in [-0.15, -0.1) is 0 Å². The van der Waals surface area contributed by atoms with Crippen LogP contribution in [0.4, 0.5) is 0 Å². The van der Waals surface area contributed by atoms with E-state index in [4.69, 9.17) is 11.6 Å². The smallest absolute Gasteiger partial charge is 0.251 e. The number of carbonyl (C=O) groups excluding carboxylic acids is 1. The first-order valence-corrected chi connectivity index (χ1v) is 6.49. The Morgan fingerprint density at radius 2 is 2.19 bits per heavy atom. The van der Waals surface area contributed by atoms with Crippen molar-refractivity contribution in [2.75, 3.05) is 0 Å². The summed E-state index contributed by atoms with van der Waals surface area (Å²) in [6.07, 6.45) is 2.17. The van der Waals surface area contributed by atoms with Crippen LogP contribution in [0.3, 0.4) is 0 Å². The van der Waals surface area contributed by atoms with Gasteiger partial charge in [-0.25, -0.2) is 0 Å². The molecule has 0 aromatic heterocycles. The minimum absolute atomic E-state index is 0.0192. The van der Waals surface area contributed by atoms with Gasteiger partial charge < -0.3 is 5.32 Å². The summed E-state index contributed by atoms with van der Waals surface area (Å²) in [7, 11) is 0. The highest BCUT2D eigenvalue weighted by Gasteiger charge is 2.26. The first kappa shape index (κ1) is 11.9. The Morgan fingerprint density at radius 3 is 2.75 bits per heavy atom. The molecule has 2 rings (SSSR count). The first-order chi connectivity index (χ1) is 7.56. The van der Waals surface area contributed by atoms with E-state index < -0.39 is 0 Å².